The molecule has 2 heterocycles. The highest BCUT2D eigenvalue weighted by Gasteiger charge is 2.25. The molecule has 1 aromatic heterocycles. The van der Waals surface area contributed by atoms with E-state index < -0.39 is 0 Å². The van der Waals surface area contributed by atoms with Crippen LogP contribution >= 0.6 is 11.8 Å². The van der Waals surface area contributed by atoms with Crippen LogP contribution in [0.2, 0.25) is 0 Å². The summed E-state index contributed by atoms with van der Waals surface area (Å²) in [5.41, 5.74) is 1.52. The highest BCUT2D eigenvalue weighted by atomic mass is 32.2. The molecule has 2 N–H and O–H groups in total. The number of nitrogens with one attached hydrogen (secondary N) is 2. The molecule has 0 spiro atoms. The Labute approximate surface area is 205 Å². The maximum absolute atomic E-state index is 13.0. The van der Waals surface area contributed by atoms with Crippen LogP contribution in [-0.4, -0.2) is 67.7 Å². The summed E-state index contributed by atoms with van der Waals surface area (Å²) in [5.74, 6) is -0.794. The van der Waals surface area contributed by atoms with Gasteiger partial charge in [0.15, 0.2) is 0 Å². The van der Waals surface area contributed by atoms with Gasteiger partial charge >= 0.3 is 0 Å². The molecule has 0 bridgehead atoms. The Kier molecular flexibility index (Phi) is 7.70. The summed E-state index contributed by atoms with van der Waals surface area (Å²) in [6.45, 7) is 1.03. The zero-order valence-electron chi connectivity index (χ0n) is 19.0. The smallest absolute Gasteiger partial charge is 0.253 e. The fraction of sp³-hybridized carbons (Fsp3) is 0.304. The quantitative estimate of drug-likeness (QED) is 0.480. The molecule has 3 aromatic rings. The number of tetrazole rings is 1. The van der Waals surface area contributed by atoms with E-state index in [4.69, 9.17) is 0 Å². The molecular formula is C23H24FN7O3S. The zero-order chi connectivity index (χ0) is 24.8. The lowest BCUT2D eigenvalue weighted by molar-refractivity contribution is -0.113. The first-order valence-corrected chi connectivity index (χ1v) is 12.0. The minimum absolute atomic E-state index is 0.0515. The summed E-state index contributed by atoms with van der Waals surface area (Å²) in [5, 5.41) is 17.3. The van der Waals surface area contributed by atoms with Crippen LogP contribution in [0, 0.1) is 5.82 Å². The molecule has 0 unspecified atom stereocenters. The summed E-state index contributed by atoms with van der Waals surface area (Å²) < 4.78 is 14.5. The maximum atomic E-state index is 13.0. The van der Waals surface area contributed by atoms with E-state index in [1.165, 1.54) is 40.7 Å². The number of aromatic nitrogens is 4. The topological polar surface area (TPSA) is 122 Å². The van der Waals surface area contributed by atoms with Crippen molar-refractivity contribution in [3.8, 4) is 0 Å². The van der Waals surface area contributed by atoms with Crippen molar-refractivity contribution in [2.24, 2.45) is 7.05 Å². The number of benzene rings is 2. The van der Waals surface area contributed by atoms with E-state index in [1.807, 2.05) is 0 Å². The number of piperidine rings is 1. The van der Waals surface area contributed by atoms with Crippen LogP contribution in [0.5, 0.6) is 0 Å². The van der Waals surface area contributed by atoms with Crippen molar-refractivity contribution < 1.29 is 18.8 Å². The van der Waals surface area contributed by atoms with Crippen molar-refractivity contribution in [2.75, 3.05) is 24.2 Å². The van der Waals surface area contributed by atoms with E-state index >= 15 is 0 Å². The summed E-state index contributed by atoms with van der Waals surface area (Å²) in [6, 6.07) is 12.1. The van der Waals surface area contributed by atoms with Crippen molar-refractivity contribution in [3.05, 3.63) is 65.5 Å². The van der Waals surface area contributed by atoms with Crippen molar-refractivity contribution in [3.63, 3.8) is 0 Å². The first-order valence-electron chi connectivity index (χ1n) is 11.0. The zero-order valence-corrected chi connectivity index (χ0v) is 19.8. The Hall–Kier alpha value is -3.80. The van der Waals surface area contributed by atoms with Crippen LogP contribution in [0.15, 0.2) is 53.7 Å². The molecule has 3 amide bonds. The molecule has 0 saturated carbocycles. The molecule has 0 atom stereocenters. The van der Waals surface area contributed by atoms with Crippen LogP contribution in [0.25, 0.3) is 0 Å². The van der Waals surface area contributed by atoms with Gasteiger partial charge in [0.05, 0.1) is 5.75 Å². The Morgan fingerprint density at radius 3 is 2.31 bits per heavy atom. The molecule has 2 aromatic carbocycles. The largest absolute Gasteiger partial charge is 0.349 e. The number of nitrogens with zero attached hydrogens (tertiary/aromatic N) is 5. The maximum Gasteiger partial charge on any atom is 0.253 e. The van der Waals surface area contributed by atoms with E-state index in [1.54, 1.807) is 36.2 Å². The first kappa shape index (κ1) is 24.3. The number of hydrogen-bond acceptors (Lipinski definition) is 7. The number of carbonyl (C=O) groups is 3. The third-order valence-electron chi connectivity index (χ3n) is 5.55. The SMILES string of the molecule is Cn1nnnc1SCC(=O)Nc1ccc(C(=O)N2CCC(NC(=O)c3ccc(F)cc3)CC2)cc1. The molecule has 0 aliphatic carbocycles. The lowest BCUT2D eigenvalue weighted by Crippen LogP contribution is -2.46. The van der Waals surface area contributed by atoms with Gasteiger partial charge in [-0.2, -0.15) is 0 Å². The van der Waals surface area contributed by atoms with Crippen LogP contribution in [0.1, 0.15) is 33.6 Å². The molecule has 35 heavy (non-hydrogen) atoms. The third kappa shape index (κ3) is 6.41. The van der Waals surface area contributed by atoms with Gasteiger partial charge in [0.1, 0.15) is 5.82 Å². The van der Waals surface area contributed by atoms with E-state index in [9.17, 15) is 18.8 Å². The molecule has 4 rings (SSSR count). The Bertz CT molecular complexity index is 1190. The molecule has 1 fully saturated rings. The van der Waals surface area contributed by atoms with Crippen molar-refractivity contribution >= 4 is 35.2 Å². The summed E-state index contributed by atoms with van der Waals surface area (Å²) in [7, 11) is 1.70. The standard InChI is InChI=1S/C23H24FN7O3S/c1-30-23(27-28-29-30)35-14-20(32)25-18-8-4-16(5-9-18)22(34)31-12-10-19(11-13-31)26-21(33)15-2-6-17(24)7-3-15/h2-9,19H,10-14H2,1H3,(H,25,32)(H,26,33). The number of anilines is 1. The van der Waals surface area contributed by atoms with E-state index in [0.29, 0.717) is 47.9 Å². The molecule has 1 aliphatic heterocycles. The number of rotatable bonds is 7. The molecule has 1 saturated heterocycles. The summed E-state index contributed by atoms with van der Waals surface area (Å²) in [6.07, 6.45) is 1.26. The van der Waals surface area contributed by atoms with Crippen molar-refractivity contribution in [2.45, 2.75) is 24.0 Å². The first-order chi connectivity index (χ1) is 16.9. The predicted molar refractivity (Wildman–Crippen MR) is 127 cm³/mol. The van der Waals surface area contributed by atoms with Crippen LogP contribution in [0.4, 0.5) is 10.1 Å². The van der Waals surface area contributed by atoms with Gasteiger partial charge < -0.3 is 15.5 Å². The normalized spacial score (nSPS) is 13.9. The average molecular weight is 498 g/mol. The highest BCUT2D eigenvalue weighted by Crippen LogP contribution is 2.18. The number of aryl methyl sites for hydroxylation is 1. The van der Waals surface area contributed by atoms with Crippen molar-refractivity contribution in [1.82, 2.24) is 30.4 Å². The molecule has 0 radical (unpaired) electrons. The number of likely N-dealkylation sites (tertiary alicyclic amines) is 1. The predicted octanol–water partition coefficient (Wildman–Crippen LogP) is 2.11. The van der Waals surface area contributed by atoms with Gasteiger partial charge in [-0.15, -0.1) is 5.10 Å². The molecule has 182 valence electrons. The minimum atomic E-state index is -0.390. The average Bonchev–Trinajstić information content (AvgIpc) is 3.28. The van der Waals surface area contributed by atoms with Gasteiger partial charge in [-0.25, -0.2) is 9.07 Å². The lowest BCUT2D eigenvalue weighted by atomic mass is 10.0. The van der Waals surface area contributed by atoms with Gasteiger partial charge in [-0.1, -0.05) is 11.8 Å². The Morgan fingerprint density at radius 2 is 1.69 bits per heavy atom. The summed E-state index contributed by atoms with van der Waals surface area (Å²) >= 11 is 1.22. The number of hydrogen-bond donors (Lipinski definition) is 2. The second kappa shape index (κ2) is 11.1. The van der Waals surface area contributed by atoms with E-state index in [0.717, 1.165) is 0 Å². The van der Waals surface area contributed by atoms with Gasteiger partial charge in [0.2, 0.25) is 11.1 Å². The van der Waals surface area contributed by atoms with E-state index in [2.05, 4.69) is 26.2 Å². The molecule has 1 aliphatic rings. The van der Waals surface area contributed by atoms with Crippen LogP contribution < -0.4 is 10.6 Å². The molecule has 10 nitrogen and oxygen atoms in total. The number of carbonyl (C=O) groups excluding carboxylic acids is 3. The Morgan fingerprint density at radius 1 is 1.03 bits per heavy atom. The van der Waals surface area contributed by atoms with Crippen molar-refractivity contribution in [1.29, 1.82) is 0 Å². The second-order valence-electron chi connectivity index (χ2n) is 8.05. The van der Waals surface area contributed by atoms with Gasteiger partial charge in [-0.3, -0.25) is 14.4 Å². The molecular weight excluding hydrogens is 473 g/mol. The lowest BCUT2D eigenvalue weighted by Gasteiger charge is -2.32. The van der Waals surface area contributed by atoms with E-state index in [-0.39, 0.29) is 35.3 Å². The van der Waals surface area contributed by atoms with Crippen LogP contribution in [0.3, 0.4) is 0 Å². The highest BCUT2D eigenvalue weighted by molar-refractivity contribution is 7.99. The number of thioether (sulfide) groups is 1. The van der Waals surface area contributed by atoms with Gasteiger partial charge in [-0.05, 0) is 71.8 Å². The fourth-order valence-corrected chi connectivity index (χ4v) is 4.30. The number of amides is 3. The third-order valence-corrected chi connectivity index (χ3v) is 6.56. The monoisotopic (exact) mass is 497 g/mol. The van der Waals surface area contributed by atoms with Crippen LogP contribution in [-0.2, 0) is 11.8 Å². The minimum Gasteiger partial charge on any atom is -0.349 e. The number of halogens is 1. The second-order valence-corrected chi connectivity index (χ2v) is 8.99. The molecule has 12 heteroatoms. The fourth-order valence-electron chi connectivity index (χ4n) is 3.65. The van der Waals surface area contributed by atoms with Gasteiger partial charge in [0.25, 0.3) is 11.8 Å². The Balaban J connectivity index is 1.23. The van der Waals surface area contributed by atoms with Gasteiger partial charge in [0, 0.05) is 43.0 Å². The summed E-state index contributed by atoms with van der Waals surface area (Å²) in [4.78, 5) is 39.1.